The summed E-state index contributed by atoms with van der Waals surface area (Å²) in [6.45, 7) is 2.25. The molecule has 0 unspecified atom stereocenters. The van der Waals surface area contributed by atoms with Gasteiger partial charge in [0, 0.05) is 35.5 Å². The molecule has 4 aromatic rings. The Labute approximate surface area is 196 Å². The maximum atomic E-state index is 12.9. The van der Waals surface area contributed by atoms with Gasteiger partial charge in [0.15, 0.2) is 11.6 Å². The Kier molecular flexibility index (Phi) is 5.24. The van der Waals surface area contributed by atoms with E-state index in [0.29, 0.717) is 41.5 Å². The molecule has 0 radical (unpaired) electrons. The maximum Gasteiger partial charge on any atom is 0.311 e. The summed E-state index contributed by atoms with van der Waals surface area (Å²) in [5.41, 5.74) is 2.19. The molecule has 2 atom stereocenters. The SMILES string of the molecule is CCOC(=O)[C@H]1C2CCC(CC2)[C@@H]1Nc1cc(-c2ccco2)nc(-c2c[nH]c3ncncc23)n1. The van der Waals surface area contributed by atoms with Crippen LogP contribution in [0.15, 0.2) is 47.6 Å². The van der Waals surface area contributed by atoms with Crippen molar-refractivity contribution in [1.29, 1.82) is 0 Å². The highest BCUT2D eigenvalue weighted by molar-refractivity contribution is 5.91. The standard InChI is InChI=1S/C25H26N6O3/c1-2-33-25(32)21-14-5-7-15(8-6-14)22(21)30-20-10-18(19-4-3-9-34-19)29-24(31-20)17-12-27-23-16(17)11-26-13-28-23/h3-4,9-15,21-22H,2,5-8H2,1H3,(H,26,27,28)(H,29,30,31)/t14?,15?,21-,22-/m0/s1. The third kappa shape index (κ3) is 3.61. The van der Waals surface area contributed by atoms with Crippen molar-refractivity contribution in [2.75, 3.05) is 11.9 Å². The lowest BCUT2D eigenvalue weighted by atomic mass is 9.61. The first-order valence-corrected chi connectivity index (χ1v) is 11.8. The molecule has 0 aliphatic heterocycles. The van der Waals surface area contributed by atoms with E-state index < -0.39 is 0 Å². The Hall–Kier alpha value is -3.75. The van der Waals surface area contributed by atoms with Crippen molar-refractivity contribution in [3.8, 4) is 22.8 Å². The molecule has 0 aromatic carbocycles. The second-order valence-electron chi connectivity index (χ2n) is 9.05. The highest BCUT2D eigenvalue weighted by Crippen LogP contribution is 2.47. The summed E-state index contributed by atoms with van der Waals surface area (Å²) >= 11 is 0. The van der Waals surface area contributed by atoms with Gasteiger partial charge in [-0.25, -0.2) is 19.9 Å². The Bertz CT molecular complexity index is 1310. The molecule has 0 amide bonds. The maximum absolute atomic E-state index is 12.9. The first kappa shape index (κ1) is 20.8. The minimum atomic E-state index is -0.167. The van der Waals surface area contributed by atoms with Gasteiger partial charge in [0.05, 0.1) is 18.8 Å². The fraction of sp³-hybridized carbons (Fsp3) is 0.400. The second kappa shape index (κ2) is 8.55. The van der Waals surface area contributed by atoms with E-state index in [4.69, 9.17) is 19.1 Å². The molecule has 7 rings (SSSR count). The summed E-state index contributed by atoms with van der Waals surface area (Å²) in [4.78, 5) is 34.2. The van der Waals surface area contributed by atoms with Crippen molar-refractivity contribution in [1.82, 2.24) is 24.9 Å². The van der Waals surface area contributed by atoms with Gasteiger partial charge in [0.25, 0.3) is 0 Å². The topological polar surface area (TPSA) is 119 Å². The van der Waals surface area contributed by atoms with Crippen LogP contribution in [0.5, 0.6) is 0 Å². The number of anilines is 1. The van der Waals surface area contributed by atoms with Crippen molar-refractivity contribution in [2.45, 2.75) is 38.6 Å². The highest BCUT2D eigenvalue weighted by Gasteiger charge is 2.48. The molecule has 3 aliphatic rings. The molecule has 9 heteroatoms. The van der Waals surface area contributed by atoms with Crippen molar-refractivity contribution in [3.05, 3.63) is 43.2 Å². The van der Waals surface area contributed by atoms with Crippen LogP contribution in [0.25, 0.3) is 33.9 Å². The summed E-state index contributed by atoms with van der Waals surface area (Å²) in [6.07, 6.45) is 11.1. The van der Waals surface area contributed by atoms with Gasteiger partial charge in [-0.1, -0.05) is 0 Å². The van der Waals surface area contributed by atoms with Gasteiger partial charge in [-0.3, -0.25) is 4.79 Å². The zero-order valence-electron chi connectivity index (χ0n) is 18.9. The second-order valence-corrected chi connectivity index (χ2v) is 9.05. The lowest BCUT2D eigenvalue weighted by Crippen LogP contribution is -2.52. The van der Waals surface area contributed by atoms with Crippen molar-refractivity contribution >= 4 is 22.8 Å². The fourth-order valence-electron chi connectivity index (χ4n) is 5.64. The number of H-pyrrole nitrogens is 1. The molecule has 9 nitrogen and oxygen atoms in total. The molecular formula is C25H26N6O3. The average molecular weight is 459 g/mol. The number of nitrogens with one attached hydrogen (secondary N) is 2. The number of hydrogen-bond donors (Lipinski definition) is 2. The lowest BCUT2D eigenvalue weighted by molar-refractivity contribution is -0.154. The third-order valence-electron chi connectivity index (χ3n) is 7.19. The van der Waals surface area contributed by atoms with E-state index in [1.165, 1.54) is 6.33 Å². The molecule has 3 saturated carbocycles. The molecule has 34 heavy (non-hydrogen) atoms. The van der Waals surface area contributed by atoms with Crippen LogP contribution in [-0.4, -0.2) is 43.5 Å². The van der Waals surface area contributed by atoms with Gasteiger partial charge in [0.2, 0.25) is 0 Å². The number of hydrogen-bond acceptors (Lipinski definition) is 8. The van der Waals surface area contributed by atoms with Gasteiger partial charge < -0.3 is 19.5 Å². The molecule has 2 N–H and O–H groups in total. The van der Waals surface area contributed by atoms with Crippen LogP contribution >= 0.6 is 0 Å². The highest BCUT2D eigenvalue weighted by atomic mass is 16.5. The normalized spacial score (nSPS) is 23.8. The van der Waals surface area contributed by atoms with Crippen molar-refractivity contribution < 1.29 is 13.9 Å². The van der Waals surface area contributed by atoms with Gasteiger partial charge in [0.1, 0.15) is 23.5 Å². The predicted molar refractivity (Wildman–Crippen MR) is 126 cm³/mol. The van der Waals surface area contributed by atoms with E-state index in [2.05, 4.69) is 20.3 Å². The summed E-state index contributed by atoms with van der Waals surface area (Å²) in [7, 11) is 0. The zero-order chi connectivity index (χ0) is 23.1. The van der Waals surface area contributed by atoms with Crippen LogP contribution in [0, 0.1) is 17.8 Å². The van der Waals surface area contributed by atoms with E-state index in [-0.39, 0.29) is 17.9 Å². The Morgan fingerprint density at radius 2 is 2.09 bits per heavy atom. The summed E-state index contributed by atoms with van der Waals surface area (Å²) < 4.78 is 11.1. The predicted octanol–water partition coefficient (Wildman–Crippen LogP) is 4.45. The number of rotatable bonds is 6. The third-order valence-corrected chi connectivity index (χ3v) is 7.19. The molecule has 0 spiro atoms. The molecule has 3 aliphatic carbocycles. The van der Waals surface area contributed by atoms with Crippen LogP contribution in [-0.2, 0) is 9.53 Å². The van der Waals surface area contributed by atoms with E-state index >= 15 is 0 Å². The number of carbonyl (C=O) groups is 1. The monoisotopic (exact) mass is 458 g/mol. The van der Waals surface area contributed by atoms with Crippen LogP contribution in [0.3, 0.4) is 0 Å². The number of fused-ring (bicyclic) bond motifs is 4. The molecule has 0 saturated heterocycles. The zero-order valence-corrected chi connectivity index (χ0v) is 18.9. The summed E-state index contributed by atoms with van der Waals surface area (Å²) in [6, 6.07) is 5.57. The van der Waals surface area contributed by atoms with E-state index in [1.807, 2.05) is 31.3 Å². The van der Waals surface area contributed by atoms with E-state index in [9.17, 15) is 4.79 Å². The number of carbonyl (C=O) groups excluding carboxylic acids is 1. The molecule has 174 valence electrons. The van der Waals surface area contributed by atoms with Gasteiger partial charge in [-0.05, 0) is 56.6 Å². The molecule has 4 aromatic heterocycles. The van der Waals surface area contributed by atoms with Gasteiger partial charge in [-0.15, -0.1) is 0 Å². The van der Waals surface area contributed by atoms with Crippen molar-refractivity contribution in [3.63, 3.8) is 0 Å². The quantitative estimate of drug-likeness (QED) is 0.407. The molecule has 4 heterocycles. The largest absolute Gasteiger partial charge is 0.466 e. The van der Waals surface area contributed by atoms with E-state index in [0.717, 1.165) is 42.3 Å². The van der Waals surface area contributed by atoms with Crippen LogP contribution in [0.4, 0.5) is 5.82 Å². The fourth-order valence-corrected chi connectivity index (χ4v) is 5.64. The Balaban J connectivity index is 1.41. The number of ether oxygens (including phenoxy) is 1. The first-order valence-electron chi connectivity index (χ1n) is 11.8. The number of aromatic nitrogens is 5. The Morgan fingerprint density at radius 3 is 2.88 bits per heavy atom. The molecule has 3 fully saturated rings. The van der Waals surface area contributed by atoms with Crippen molar-refractivity contribution in [2.24, 2.45) is 17.8 Å². The number of nitrogens with zero attached hydrogens (tertiary/aromatic N) is 4. The minimum absolute atomic E-state index is 0.0231. The molecular weight excluding hydrogens is 432 g/mol. The molecule has 2 bridgehead atoms. The number of furan rings is 1. The van der Waals surface area contributed by atoms with Gasteiger partial charge in [-0.2, -0.15) is 0 Å². The van der Waals surface area contributed by atoms with Crippen LogP contribution in [0.1, 0.15) is 32.6 Å². The summed E-state index contributed by atoms with van der Waals surface area (Å²) in [5, 5.41) is 4.46. The van der Waals surface area contributed by atoms with E-state index in [1.54, 1.807) is 12.5 Å². The number of aromatic amines is 1. The smallest absolute Gasteiger partial charge is 0.311 e. The Morgan fingerprint density at radius 1 is 1.24 bits per heavy atom. The first-order chi connectivity index (χ1) is 16.7. The summed E-state index contributed by atoms with van der Waals surface area (Å²) in [5.74, 6) is 2.32. The van der Waals surface area contributed by atoms with Crippen LogP contribution < -0.4 is 5.32 Å². The van der Waals surface area contributed by atoms with Crippen LogP contribution in [0.2, 0.25) is 0 Å². The average Bonchev–Trinajstić information content (AvgIpc) is 3.55. The number of esters is 1. The van der Waals surface area contributed by atoms with Gasteiger partial charge >= 0.3 is 5.97 Å². The lowest BCUT2D eigenvalue weighted by Gasteiger charge is -2.47. The minimum Gasteiger partial charge on any atom is -0.466 e.